The summed E-state index contributed by atoms with van der Waals surface area (Å²) in [5, 5.41) is 0.407. The molecular formula is C20H24ClN3O. The van der Waals surface area contributed by atoms with E-state index in [0.717, 1.165) is 32.7 Å². The molecule has 0 atom stereocenters. The number of pyridine rings is 1. The molecule has 0 unspecified atom stereocenters. The van der Waals surface area contributed by atoms with Gasteiger partial charge in [0.15, 0.2) is 0 Å². The van der Waals surface area contributed by atoms with Gasteiger partial charge in [-0.25, -0.2) is 4.98 Å². The highest BCUT2D eigenvalue weighted by Gasteiger charge is 2.22. The van der Waals surface area contributed by atoms with E-state index in [1.807, 2.05) is 4.90 Å². The summed E-state index contributed by atoms with van der Waals surface area (Å²) >= 11 is 5.78. The SMILES string of the molecule is CC(C)c1ccc(CN2CCN(C(=O)c3ccc(Cl)nc3)CC2)cc1. The lowest BCUT2D eigenvalue weighted by atomic mass is 10.0. The number of benzene rings is 1. The van der Waals surface area contributed by atoms with Gasteiger partial charge in [0.2, 0.25) is 0 Å². The van der Waals surface area contributed by atoms with Crippen molar-refractivity contribution in [1.29, 1.82) is 0 Å². The van der Waals surface area contributed by atoms with Crippen LogP contribution in [-0.2, 0) is 6.54 Å². The molecule has 0 N–H and O–H groups in total. The Morgan fingerprint density at radius 2 is 1.76 bits per heavy atom. The summed E-state index contributed by atoms with van der Waals surface area (Å²) in [6.07, 6.45) is 1.55. The first kappa shape index (κ1) is 17.9. The fourth-order valence-corrected chi connectivity index (χ4v) is 3.17. The summed E-state index contributed by atoms with van der Waals surface area (Å²) in [6, 6.07) is 12.3. The molecular weight excluding hydrogens is 334 g/mol. The third-order valence-corrected chi connectivity index (χ3v) is 4.91. The summed E-state index contributed by atoms with van der Waals surface area (Å²) < 4.78 is 0. The van der Waals surface area contributed by atoms with Crippen LogP contribution in [0.4, 0.5) is 0 Å². The maximum Gasteiger partial charge on any atom is 0.255 e. The van der Waals surface area contributed by atoms with Gasteiger partial charge in [-0.2, -0.15) is 0 Å². The molecule has 0 radical (unpaired) electrons. The first-order valence-electron chi connectivity index (χ1n) is 8.75. The van der Waals surface area contributed by atoms with E-state index < -0.39 is 0 Å². The van der Waals surface area contributed by atoms with E-state index in [1.165, 1.54) is 11.1 Å². The van der Waals surface area contributed by atoms with Crippen molar-refractivity contribution in [2.24, 2.45) is 0 Å². The van der Waals surface area contributed by atoms with E-state index in [1.54, 1.807) is 18.3 Å². The third-order valence-electron chi connectivity index (χ3n) is 4.69. The molecule has 4 nitrogen and oxygen atoms in total. The second-order valence-electron chi connectivity index (χ2n) is 6.83. The van der Waals surface area contributed by atoms with E-state index in [0.29, 0.717) is 16.6 Å². The lowest BCUT2D eigenvalue weighted by Crippen LogP contribution is -2.48. The first-order valence-corrected chi connectivity index (χ1v) is 9.13. The Hall–Kier alpha value is -1.91. The quantitative estimate of drug-likeness (QED) is 0.780. The van der Waals surface area contributed by atoms with Crippen molar-refractivity contribution in [2.75, 3.05) is 26.2 Å². The zero-order chi connectivity index (χ0) is 17.8. The molecule has 1 saturated heterocycles. The number of aromatic nitrogens is 1. The number of amides is 1. The van der Waals surface area contributed by atoms with Crippen molar-refractivity contribution in [3.8, 4) is 0 Å². The van der Waals surface area contributed by atoms with Crippen LogP contribution in [-0.4, -0.2) is 46.9 Å². The second-order valence-corrected chi connectivity index (χ2v) is 7.22. The van der Waals surface area contributed by atoms with Gasteiger partial charge in [-0.3, -0.25) is 9.69 Å². The number of rotatable bonds is 4. The highest BCUT2D eigenvalue weighted by molar-refractivity contribution is 6.29. The number of hydrogen-bond donors (Lipinski definition) is 0. The van der Waals surface area contributed by atoms with Gasteiger partial charge >= 0.3 is 0 Å². The van der Waals surface area contributed by atoms with E-state index >= 15 is 0 Å². The van der Waals surface area contributed by atoms with E-state index in [9.17, 15) is 4.79 Å². The third kappa shape index (κ3) is 4.59. The molecule has 1 aromatic carbocycles. The molecule has 1 amide bonds. The highest BCUT2D eigenvalue weighted by Crippen LogP contribution is 2.17. The predicted octanol–water partition coefficient (Wildman–Crippen LogP) is 3.82. The van der Waals surface area contributed by atoms with Crippen LogP contribution < -0.4 is 0 Å². The van der Waals surface area contributed by atoms with Crippen LogP contribution in [0.15, 0.2) is 42.6 Å². The number of carbonyl (C=O) groups is 1. The number of piperazine rings is 1. The van der Waals surface area contributed by atoms with Crippen LogP contribution in [0.1, 0.15) is 41.3 Å². The molecule has 2 aromatic rings. The molecule has 1 aromatic heterocycles. The van der Waals surface area contributed by atoms with Crippen molar-refractivity contribution in [2.45, 2.75) is 26.3 Å². The van der Waals surface area contributed by atoms with Gasteiger partial charge in [0.05, 0.1) is 5.56 Å². The van der Waals surface area contributed by atoms with Crippen LogP contribution in [0.2, 0.25) is 5.15 Å². The molecule has 0 aliphatic carbocycles. The van der Waals surface area contributed by atoms with Crippen LogP contribution in [0.3, 0.4) is 0 Å². The van der Waals surface area contributed by atoms with Crippen LogP contribution in [0.5, 0.6) is 0 Å². The maximum absolute atomic E-state index is 12.5. The van der Waals surface area contributed by atoms with Crippen LogP contribution in [0.25, 0.3) is 0 Å². The Morgan fingerprint density at radius 3 is 2.32 bits per heavy atom. The summed E-state index contributed by atoms with van der Waals surface area (Å²) in [5.41, 5.74) is 3.30. The van der Waals surface area contributed by atoms with Crippen molar-refractivity contribution in [3.63, 3.8) is 0 Å². The van der Waals surface area contributed by atoms with E-state index in [-0.39, 0.29) is 5.91 Å². The Morgan fingerprint density at radius 1 is 1.08 bits per heavy atom. The molecule has 0 bridgehead atoms. The molecule has 5 heteroatoms. The number of halogens is 1. The fraction of sp³-hybridized carbons (Fsp3) is 0.400. The second kappa shape index (κ2) is 7.98. The average molecular weight is 358 g/mol. The smallest absolute Gasteiger partial charge is 0.255 e. The van der Waals surface area contributed by atoms with Gasteiger partial charge < -0.3 is 4.90 Å². The van der Waals surface area contributed by atoms with Gasteiger partial charge in [-0.05, 0) is 29.2 Å². The largest absolute Gasteiger partial charge is 0.336 e. The fourth-order valence-electron chi connectivity index (χ4n) is 3.06. The minimum Gasteiger partial charge on any atom is -0.336 e. The molecule has 2 heterocycles. The summed E-state index contributed by atoms with van der Waals surface area (Å²) in [5.74, 6) is 0.594. The van der Waals surface area contributed by atoms with E-state index in [4.69, 9.17) is 11.6 Å². The van der Waals surface area contributed by atoms with Gasteiger partial charge in [-0.1, -0.05) is 49.7 Å². The minimum absolute atomic E-state index is 0.0325. The lowest BCUT2D eigenvalue weighted by Gasteiger charge is -2.34. The zero-order valence-electron chi connectivity index (χ0n) is 14.8. The molecule has 1 aliphatic heterocycles. The predicted molar refractivity (Wildman–Crippen MR) is 101 cm³/mol. The topological polar surface area (TPSA) is 36.4 Å². The molecule has 132 valence electrons. The normalized spacial score (nSPS) is 15.6. The van der Waals surface area contributed by atoms with E-state index in [2.05, 4.69) is 48.0 Å². The Bertz CT molecular complexity index is 705. The van der Waals surface area contributed by atoms with Crippen molar-refractivity contribution in [1.82, 2.24) is 14.8 Å². The average Bonchev–Trinajstić information content (AvgIpc) is 2.63. The molecule has 1 aliphatic rings. The summed E-state index contributed by atoms with van der Waals surface area (Å²) in [7, 11) is 0. The number of nitrogens with zero attached hydrogens (tertiary/aromatic N) is 3. The van der Waals surface area contributed by atoms with Gasteiger partial charge in [-0.15, -0.1) is 0 Å². The van der Waals surface area contributed by atoms with Crippen molar-refractivity contribution < 1.29 is 4.79 Å². The molecule has 0 spiro atoms. The molecule has 1 fully saturated rings. The van der Waals surface area contributed by atoms with Gasteiger partial charge in [0.25, 0.3) is 5.91 Å². The Balaban J connectivity index is 1.53. The standard InChI is InChI=1S/C20H24ClN3O/c1-15(2)17-5-3-16(4-6-17)14-23-9-11-24(12-10-23)20(25)18-7-8-19(21)22-13-18/h3-8,13,15H,9-12,14H2,1-2H3. The number of hydrogen-bond acceptors (Lipinski definition) is 3. The molecule has 25 heavy (non-hydrogen) atoms. The van der Waals surface area contributed by atoms with Crippen molar-refractivity contribution >= 4 is 17.5 Å². The summed E-state index contributed by atoms with van der Waals surface area (Å²) in [6.45, 7) is 8.61. The molecule has 3 rings (SSSR count). The Kier molecular flexibility index (Phi) is 5.71. The number of carbonyl (C=O) groups excluding carboxylic acids is 1. The highest BCUT2D eigenvalue weighted by atomic mass is 35.5. The van der Waals surface area contributed by atoms with Crippen molar-refractivity contribution in [3.05, 3.63) is 64.4 Å². The molecule has 0 saturated carbocycles. The van der Waals surface area contributed by atoms with Gasteiger partial charge in [0, 0.05) is 38.9 Å². The van der Waals surface area contributed by atoms with Crippen LogP contribution in [0, 0.1) is 0 Å². The lowest BCUT2D eigenvalue weighted by molar-refractivity contribution is 0.0628. The van der Waals surface area contributed by atoms with Gasteiger partial charge in [0.1, 0.15) is 5.15 Å². The first-order chi connectivity index (χ1) is 12.0. The maximum atomic E-state index is 12.5. The monoisotopic (exact) mass is 357 g/mol. The Labute approximate surface area is 154 Å². The summed E-state index contributed by atoms with van der Waals surface area (Å²) in [4.78, 5) is 20.8. The minimum atomic E-state index is 0.0325. The van der Waals surface area contributed by atoms with Crippen LogP contribution >= 0.6 is 11.6 Å². The zero-order valence-corrected chi connectivity index (χ0v) is 15.5.